The zero-order valence-corrected chi connectivity index (χ0v) is 20.4. The lowest BCUT2D eigenvalue weighted by molar-refractivity contribution is -0.115. The van der Waals surface area contributed by atoms with Gasteiger partial charge in [-0.1, -0.05) is 24.3 Å². The average molecular weight is 479 g/mol. The lowest BCUT2D eigenvalue weighted by atomic mass is 9.98. The summed E-state index contributed by atoms with van der Waals surface area (Å²) in [5.41, 5.74) is 2.79. The molecule has 0 unspecified atom stereocenters. The standard InChI is InChI=1S/C25H26N4O2S2/c1-17(30)29(21-10-4-5-11-22(21)31-2)25-26-19(16-32-25)15-28-13-7-8-18(14-28)24-27-20-9-3-6-12-23(20)33-24/h3-6,9-12,16,18H,7-8,13-15H2,1-2H3/t18-/m0/s1. The van der Waals surface area contributed by atoms with Crippen LogP contribution in [0.3, 0.4) is 0 Å². The molecule has 3 heterocycles. The van der Waals surface area contributed by atoms with Crippen LogP contribution in [0.1, 0.15) is 36.4 Å². The Hall–Kier alpha value is -2.81. The minimum absolute atomic E-state index is 0.0886. The number of amides is 1. The number of aromatic nitrogens is 2. The van der Waals surface area contributed by atoms with Crippen molar-refractivity contribution in [1.82, 2.24) is 14.9 Å². The number of hydrogen-bond acceptors (Lipinski definition) is 7. The van der Waals surface area contributed by atoms with Crippen LogP contribution in [0.2, 0.25) is 0 Å². The molecule has 4 aromatic rings. The second kappa shape index (κ2) is 9.59. The van der Waals surface area contributed by atoms with E-state index >= 15 is 0 Å². The van der Waals surface area contributed by atoms with Gasteiger partial charge in [0.1, 0.15) is 5.75 Å². The Bertz CT molecular complexity index is 1240. The summed E-state index contributed by atoms with van der Waals surface area (Å²) in [6.45, 7) is 4.36. The van der Waals surface area contributed by atoms with E-state index in [0.29, 0.717) is 22.5 Å². The third-order valence-electron chi connectivity index (χ3n) is 5.92. The Labute approximate surface area is 201 Å². The molecule has 0 spiro atoms. The van der Waals surface area contributed by atoms with Crippen LogP contribution in [0.5, 0.6) is 5.75 Å². The third kappa shape index (κ3) is 4.64. The lowest BCUT2D eigenvalue weighted by Crippen LogP contribution is -2.34. The van der Waals surface area contributed by atoms with Crippen LogP contribution in [0.15, 0.2) is 53.9 Å². The Balaban J connectivity index is 1.32. The minimum atomic E-state index is -0.0886. The van der Waals surface area contributed by atoms with Crippen LogP contribution < -0.4 is 9.64 Å². The van der Waals surface area contributed by atoms with Crippen LogP contribution in [-0.2, 0) is 11.3 Å². The minimum Gasteiger partial charge on any atom is -0.495 e. The first kappa shape index (κ1) is 22.0. The number of carbonyl (C=O) groups is 1. The Morgan fingerprint density at radius 3 is 2.82 bits per heavy atom. The zero-order valence-electron chi connectivity index (χ0n) is 18.7. The maximum Gasteiger partial charge on any atom is 0.230 e. The summed E-state index contributed by atoms with van der Waals surface area (Å²) in [6, 6.07) is 15.9. The highest BCUT2D eigenvalue weighted by molar-refractivity contribution is 7.18. The molecule has 33 heavy (non-hydrogen) atoms. The SMILES string of the molecule is COc1ccccc1N(C(C)=O)c1nc(CN2CCC[C@H](c3nc4ccccc4s3)C2)cs1. The van der Waals surface area contributed by atoms with Crippen LogP contribution in [-0.4, -0.2) is 41.0 Å². The average Bonchev–Trinajstić information content (AvgIpc) is 3.47. The van der Waals surface area contributed by atoms with Crippen molar-refractivity contribution in [3.63, 3.8) is 0 Å². The molecule has 1 saturated heterocycles. The molecule has 1 amide bonds. The van der Waals surface area contributed by atoms with Gasteiger partial charge in [0, 0.05) is 31.3 Å². The number of piperidine rings is 1. The fourth-order valence-corrected chi connectivity index (χ4v) is 6.35. The van der Waals surface area contributed by atoms with E-state index in [0.717, 1.165) is 37.3 Å². The van der Waals surface area contributed by atoms with E-state index in [4.69, 9.17) is 14.7 Å². The third-order valence-corrected chi connectivity index (χ3v) is 8.00. The number of rotatable bonds is 6. The number of ether oxygens (including phenoxy) is 1. The summed E-state index contributed by atoms with van der Waals surface area (Å²) in [7, 11) is 1.61. The highest BCUT2D eigenvalue weighted by atomic mass is 32.1. The molecule has 1 aliphatic rings. The van der Waals surface area contributed by atoms with Crippen LogP contribution in [0, 0.1) is 0 Å². The van der Waals surface area contributed by atoms with E-state index < -0.39 is 0 Å². The van der Waals surface area contributed by atoms with Crippen LogP contribution in [0.4, 0.5) is 10.8 Å². The number of thiazole rings is 2. The van der Waals surface area contributed by atoms with Gasteiger partial charge in [-0.05, 0) is 43.7 Å². The van der Waals surface area contributed by atoms with Crippen molar-refractivity contribution in [2.45, 2.75) is 32.2 Å². The molecule has 1 atom stereocenters. The highest BCUT2D eigenvalue weighted by Crippen LogP contribution is 2.36. The predicted octanol–water partition coefficient (Wildman–Crippen LogP) is 5.83. The smallest absolute Gasteiger partial charge is 0.230 e. The second-order valence-electron chi connectivity index (χ2n) is 8.24. The summed E-state index contributed by atoms with van der Waals surface area (Å²) >= 11 is 3.31. The first-order chi connectivity index (χ1) is 16.1. The van der Waals surface area contributed by atoms with Gasteiger partial charge in [-0.15, -0.1) is 22.7 Å². The number of methoxy groups -OCH3 is 1. The first-order valence-electron chi connectivity index (χ1n) is 11.1. The van der Waals surface area contributed by atoms with E-state index in [9.17, 15) is 4.79 Å². The summed E-state index contributed by atoms with van der Waals surface area (Å²) in [5, 5.41) is 3.96. The van der Waals surface area contributed by atoms with Gasteiger partial charge in [0.15, 0.2) is 5.13 Å². The molecule has 5 rings (SSSR count). The molecule has 170 valence electrons. The number of para-hydroxylation sites is 3. The number of fused-ring (bicyclic) bond motifs is 1. The van der Waals surface area contributed by atoms with Gasteiger partial charge in [0.05, 0.1) is 33.7 Å². The quantitative estimate of drug-likeness (QED) is 0.349. The van der Waals surface area contributed by atoms with Gasteiger partial charge in [-0.25, -0.2) is 9.97 Å². The highest BCUT2D eigenvalue weighted by Gasteiger charge is 2.26. The summed E-state index contributed by atoms with van der Waals surface area (Å²) < 4.78 is 6.73. The van der Waals surface area contributed by atoms with Crippen molar-refractivity contribution in [2.24, 2.45) is 0 Å². The molecular formula is C25H26N4O2S2. The summed E-state index contributed by atoms with van der Waals surface area (Å²) in [6.07, 6.45) is 2.32. The molecule has 0 aliphatic carbocycles. The number of anilines is 2. The van der Waals surface area contributed by atoms with E-state index in [1.807, 2.05) is 41.7 Å². The first-order valence-corrected chi connectivity index (χ1v) is 12.8. The second-order valence-corrected chi connectivity index (χ2v) is 10.1. The van der Waals surface area contributed by atoms with E-state index in [1.165, 1.54) is 27.5 Å². The van der Waals surface area contributed by atoms with Crippen LogP contribution in [0.25, 0.3) is 10.2 Å². The molecule has 1 fully saturated rings. The predicted molar refractivity (Wildman–Crippen MR) is 135 cm³/mol. The monoisotopic (exact) mass is 478 g/mol. The summed E-state index contributed by atoms with van der Waals surface area (Å²) in [5.74, 6) is 1.02. The van der Waals surface area contributed by atoms with Gasteiger partial charge < -0.3 is 4.74 Å². The molecule has 0 saturated carbocycles. The number of nitrogens with zero attached hydrogens (tertiary/aromatic N) is 4. The van der Waals surface area contributed by atoms with E-state index in [1.54, 1.807) is 18.9 Å². The molecule has 1 aliphatic heterocycles. The molecule has 0 bridgehead atoms. The van der Waals surface area contributed by atoms with E-state index in [-0.39, 0.29) is 5.91 Å². The molecule has 8 heteroatoms. The maximum atomic E-state index is 12.5. The molecule has 0 N–H and O–H groups in total. The summed E-state index contributed by atoms with van der Waals surface area (Å²) in [4.78, 5) is 26.3. The molecule has 2 aromatic carbocycles. The van der Waals surface area contributed by atoms with Gasteiger partial charge in [-0.3, -0.25) is 14.6 Å². The van der Waals surface area contributed by atoms with E-state index in [2.05, 4.69) is 28.5 Å². The number of likely N-dealkylation sites (tertiary alicyclic amines) is 1. The van der Waals surface area contributed by atoms with Crippen molar-refractivity contribution in [1.29, 1.82) is 0 Å². The Kier molecular flexibility index (Phi) is 6.39. The van der Waals surface area contributed by atoms with Crippen molar-refractivity contribution in [3.05, 3.63) is 64.6 Å². The van der Waals surface area contributed by atoms with Crippen molar-refractivity contribution in [2.75, 3.05) is 25.1 Å². The number of hydrogen-bond donors (Lipinski definition) is 0. The molecule has 2 aromatic heterocycles. The van der Waals surface area contributed by atoms with Gasteiger partial charge in [0.2, 0.25) is 5.91 Å². The Morgan fingerprint density at radius 1 is 1.18 bits per heavy atom. The topological polar surface area (TPSA) is 58.6 Å². The fourth-order valence-electron chi connectivity index (χ4n) is 4.39. The normalized spacial score (nSPS) is 16.7. The Morgan fingerprint density at radius 2 is 2.00 bits per heavy atom. The molecular weight excluding hydrogens is 452 g/mol. The molecule has 6 nitrogen and oxygen atoms in total. The van der Waals surface area contributed by atoms with Gasteiger partial charge in [-0.2, -0.15) is 0 Å². The number of carbonyl (C=O) groups excluding carboxylic acids is 1. The molecule has 0 radical (unpaired) electrons. The van der Waals surface area contributed by atoms with Crippen molar-refractivity contribution in [3.8, 4) is 5.75 Å². The van der Waals surface area contributed by atoms with Gasteiger partial charge >= 0.3 is 0 Å². The zero-order chi connectivity index (χ0) is 22.8. The fraction of sp³-hybridized carbons (Fsp3) is 0.320. The van der Waals surface area contributed by atoms with Gasteiger partial charge in [0.25, 0.3) is 0 Å². The van der Waals surface area contributed by atoms with Crippen molar-refractivity contribution < 1.29 is 9.53 Å². The largest absolute Gasteiger partial charge is 0.495 e. The number of benzene rings is 2. The maximum absolute atomic E-state index is 12.5. The van der Waals surface area contributed by atoms with Crippen LogP contribution >= 0.6 is 22.7 Å². The van der Waals surface area contributed by atoms with Crippen molar-refractivity contribution >= 4 is 49.6 Å². The lowest BCUT2D eigenvalue weighted by Gasteiger charge is -2.31.